The van der Waals surface area contributed by atoms with Gasteiger partial charge in [-0.05, 0) is 25.5 Å². The number of rotatable bonds is 5. The highest BCUT2D eigenvalue weighted by molar-refractivity contribution is 7.91. The van der Waals surface area contributed by atoms with Crippen LogP contribution in [0.3, 0.4) is 0 Å². The topological polar surface area (TPSA) is 75.3 Å². The van der Waals surface area contributed by atoms with Gasteiger partial charge in [0.15, 0.2) is 9.84 Å². The Labute approximate surface area is 119 Å². The van der Waals surface area contributed by atoms with Crippen molar-refractivity contribution in [1.29, 1.82) is 0 Å². The number of carbonyl (C=O) groups is 1. The predicted molar refractivity (Wildman–Crippen MR) is 79.5 cm³/mol. The van der Waals surface area contributed by atoms with Gasteiger partial charge >= 0.3 is 0 Å². The van der Waals surface area contributed by atoms with Crippen LogP contribution in [0.25, 0.3) is 0 Å². The van der Waals surface area contributed by atoms with Crippen molar-refractivity contribution in [2.75, 3.05) is 23.4 Å². The molecule has 1 amide bonds. The predicted octanol–water partition coefficient (Wildman–Crippen LogP) is 1.10. The highest BCUT2D eigenvalue weighted by Crippen LogP contribution is 2.11. The van der Waals surface area contributed by atoms with Crippen molar-refractivity contribution in [3.63, 3.8) is 0 Å². The summed E-state index contributed by atoms with van der Waals surface area (Å²) in [6.45, 7) is 2.49. The normalized spacial score (nSPS) is 20.8. The van der Waals surface area contributed by atoms with Crippen molar-refractivity contribution in [3.05, 3.63) is 29.8 Å². The van der Waals surface area contributed by atoms with Crippen LogP contribution in [0.4, 0.5) is 5.69 Å². The maximum absolute atomic E-state index is 11.7. The Balaban J connectivity index is 1.69. The zero-order valence-electron chi connectivity index (χ0n) is 11.6. The van der Waals surface area contributed by atoms with Crippen LogP contribution in [0.15, 0.2) is 24.3 Å². The van der Waals surface area contributed by atoms with Gasteiger partial charge < -0.3 is 10.6 Å². The van der Waals surface area contributed by atoms with Gasteiger partial charge in [-0.1, -0.05) is 17.7 Å². The summed E-state index contributed by atoms with van der Waals surface area (Å²) < 4.78 is 22.6. The van der Waals surface area contributed by atoms with E-state index in [9.17, 15) is 13.2 Å². The number of carbonyl (C=O) groups excluding carboxylic acids is 1. The van der Waals surface area contributed by atoms with Crippen molar-refractivity contribution in [2.24, 2.45) is 0 Å². The van der Waals surface area contributed by atoms with Gasteiger partial charge in [0.1, 0.15) is 0 Å². The number of anilines is 1. The molecule has 1 aromatic carbocycles. The van der Waals surface area contributed by atoms with Gasteiger partial charge in [-0.2, -0.15) is 0 Å². The summed E-state index contributed by atoms with van der Waals surface area (Å²) in [4.78, 5) is 11.7. The number of aryl methyl sites for hydroxylation is 1. The average molecular weight is 296 g/mol. The second-order valence-corrected chi connectivity index (χ2v) is 7.45. The Morgan fingerprint density at radius 2 is 2.00 bits per heavy atom. The molecule has 0 aromatic heterocycles. The summed E-state index contributed by atoms with van der Waals surface area (Å²) in [6, 6.07) is 7.61. The second kappa shape index (κ2) is 6.37. The average Bonchev–Trinajstić information content (AvgIpc) is 2.72. The molecule has 2 N–H and O–H groups in total. The molecule has 1 aromatic rings. The molecule has 1 heterocycles. The van der Waals surface area contributed by atoms with E-state index in [0.717, 1.165) is 11.3 Å². The van der Waals surface area contributed by atoms with E-state index >= 15 is 0 Å². The number of hydrogen-bond acceptors (Lipinski definition) is 4. The fourth-order valence-corrected chi connectivity index (χ4v) is 3.91. The minimum absolute atomic E-state index is 0.00725. The second-order valence-electron chi connectivity index (χ2n) is 5.22. The minimum Gasteiger partial charge on any atom is -0.326 e. The number of sulfone groups is 1. The lowest BCUT2D eigenvalue weighted by atomic mass is 10.2. The molecule has 0 bridgehead atoms. The number of benzene rings is 1. The van der Waals surface area contributed by atoms with Crippen molar-refractivity contribution in [2.45, 2.75) is 25.8 Å². The van der Waals surface area contributed by atoms with E-state index in [2.05, 4.69) is 10.6 Å². The summed E-state index contributed by atoms with van der Waals surface area (Å²) in [7, 11) is -2.86. The van der Waals surface area contributed by atoms with E-state index < -0.39 is 9.84 Å². The quantitative estimate of drug-likeness (QED) is 0.853. The molecule has 0 radical (unpaired) electrons. The number of hydrogen-bond donors (Lipinski definition) is 2. The molecule has 5 nitrogen and oxygen atoms in total. The van der Waals surface area contributed by atoms with E-state index in [-0.39, 0.29) is 23.5 Å². The highest BCUT2D eigenvalue weighted by Gasteiger charge is 2.27. The first kappa shape index (κ1) is 15.0. The molecular formula is C14H20N2O3S. The molecule has 0 saturated carbocycles. The van der Waals surface area contributed by atoms with Gasteiger partial charge in [0.25, 0.3) is 0 Å². The fourth-order valence-electron chi connectivity index (χ4n) is 2.21. The van der Waals surface area contributed by atoms with Crippen LogP contribution in [-0.4, -0.2) is 38.4 Å². The Bertz CT molecular complexity index is 567. The molecule has 1 saturated heterocycles. The van der Waals surface area contributed by atoms with E-state index in [1.807, 2.05) is 31.2 Å². The molecule has 2 rings (SSSR count). The highest BCUT2D eigenvalue weighted by atomic mass is 32.2. The van der Waals surface area contributed by atoms with Crippen LogP contribution in [0, 0.1) is 6.92 Å². The van der Waals surface area contributed by atoms with Crippen molar-refractivity contribution in [1.82, 2.24) is 5.32 Å². The Kier molecular flexibility index (Phi) is 4.77. The van der Waals surface area contributed by atoms with Crippen LogP contribution in [0.5, 0.6) is 0 Å². The molecule has 110 valence electrons. The lowest BCUT2D eigenvalue weighted by Crippen LogP contribution is -2.32. The zero-order valence-corrected chi connectivity index (χ0v) is 12.4. The van der Waals surface area contributed by atoms with Gasteiger partial charge in [0.2, 0.25) is 5.91 Å². The maximum Gasteiger partial charge on any atom is 0.225 e. The third kappa shape index (κ3) is 4.61. The number of nitrogens with one attached hydrogen (secondary N) is 2. The lowest BCUT2D eigenvalue weighted by Gasteiger charge is -2.10. The number of amides is 1. The van der Waals surface area contributed by atoms with E-state index in [1.54, 1.807) is 0 Å². The van der Waals surface area contributed by atoms with Gasteiger partial charge in [0, 0.05) is 24.7 Å². The SMILES string of the molecule is Cc1ccc(NC(=O)CCNC2CCS(=O)(=O)C2)cc1. The molecule has 1 unspecified atom stereocenters. The Morgan fingerprint density at radius 3 is 2.60 bits per heavy atom. The van der Waals surface area contributed by atoms with Crippen molar-refractivity contribution >= 4 is 21.4 Å². The summed E-state index contributed by atoms with van der Waals surface area (Å²) in [5.41, 5.74) is 1.93. The molecule has 1 fully saturated rings. The Hall–Kier alpha value is -1.40. The summed E-state index contributed by atoms with van der Waals surface area (Å²) >= 11 is 0. The van der Waals surface area contributed by atoms with Crippen LogP contribution in [0.2, 0.25) is 0 Å². The molecule has 1 aliphatic rings. The van der Waals surface area contributed by atoms with Gasteiger partial charge in [-0.15, -0.1) is 0 Å². The molecule has 1 atom stereocenters. The minimum atomic E-state index is -2.86. The third-order valence-corrected chi connectivity index (χ3v) is 5.12. The van der Waals surface area contributed by atoms with E-state index in [1.165, 1.54) is 0 Å². The first-order chi connectivity index (χ1) is 9.44. The third-order valence-electron chi connectivity index (χ3n) is 3.35. The fraction of sp³-hybridized carbons (Fsp3) is 0.500. The zero-order chi connectivity index (χ0) is 14.6. The molecular weight excluding hydrogens is 276 g/mol. The van der Waals surface area contributed by atoms with E-state index in [4.69, 9.17) is 0 Å². The largest absolute Gasteiger partial charge is 0.326 e. The van der Waals surface area contributed by atoms with Gasteiger partial charge in [-0.25, -0.2) is 8.42 Å². The van der Waals surface area contributed by atoms with Crippen LogP contribution < -0.4 is 10.6 Å². The maximum atomic E-state index is 11.7. The Morgan fingerprint density at radius 1 is 1.30 bits per heavy atom. The first-order valence-corrected chi connectivity index (χ1v) is 8.57. The smallest absolute Gasteiger partial charge is 0.225 e. The summed E-state index contributed by atoms with van der Waals surface area (Å²) in [5.74, 6) is 0.370. The summed E-state index contributed by atoms with van der Waals surface area (Å²) in [5, 5.41) is 5.94. The van der Waals surface area contributed by atoms with E-state index in [0.29, 0.717) is 19.4 Å². The summed E-state index contributed by atoms with van der Waals surface area (Å²) in [6.07, 6.45) is 0.979. The monoisotopic (exact) mass is 296 g/mol. The molecule has 20 heavy (non-hydrogen) atoms. The molecule has 0 spiro atoms. The van der Waals surface area contributed by atoms with Gasteiger partial charge in [-0.3, -0.25) is 4.79 Å². The van der Waals surface area contributed by atoms with Crippen LogP contribution >= 0.6 is 0 Å². The van der Waals surface area contributed by atoms with Crippen LogP contribution in [0.1, 0.15) is 18.4 Å². The van der Waals surface area contributed by atoms with Crippen molar-refractivity contribution < 1.29 is 13.2 Å². The van der Waals surface area contributed by atoms with Crippen LogP contribution in [-0.2, 0) is 14.6 Å². The molecule has 6 heteroatoms. The van der Waals surface area contributed by atoms with Gasteiger partial charge in [0.05, 0.1) is 11.5 Å². The molecule has 0 aliphatic carbocycles. The standard InChI is InChI=1S/C14H20N2O3S/c1-11-2-4-12(5-3-11)16-14(17)6-8-15-13-7-9-20(18,19)10-13/h2-5,13,15H,6-10H2,1H3,(H,16,17). The molecule has 1 aliphatic heterocycles. The lowest BCUT2D eigenvalue weighted by molar-refractivity contribution is -0.116. The first-order valence-electron chi connectivity index (χ1n) is 6.75. The van der Waals surface area contributed by atoms with Crippen molar-refractivity contribution in [3.8, 4) is 0 Å².